The predicted molar refractivity (Wildman–Crippen MR) is 111 cm³/mol. The second-order valence-electron chi connectivity index (χ2n) is 7.56. The number of nitrogens with zero attached hydrogens (tertiary/aromatic N) is 1. The average molecular weight is 350 g/mol. The van der Waals surface area contributed by atoms with Crippen LogP contribution in [0, 0.1) is 0 Å². The van der Waals surface area contributed by atoms with Crippen molar-refractivity contribution in [3.63, 3.8) is 0 Å². The summed E-state index contributed by atoms with van der Waals surface area (Å²) in [5, 5.41) is 3.37. The molecule has 0 amide bonds. The van der Waals surface area contributed by atoms with E-state index < -0.39 is 0 Å². The fourth-order valence-electron chi connectivity index (χ4n) is 3.50. The zero-order valence-corrected chi connectivity index (χ0v) is 16.9. The van der Waals surface area contributed by atoms with E-state index in [0.717, 1.165) is 12.8 Å². The molecular weight excluding hydrogens is 306 g/mol. The standard InChI is InChI=1S/C22H43N3/c1-3-4-5-6-7-8-9-10-11-12-13-14-15-16-17-18-22-24-19-20-25(22)21(2)23/h15-16,19-22,24H,3-14,17-18,23H2,1-2H3/b16-15+. The van der Waals surface area contributed by atoms with Gasteiger partial charge in [-0.3, -0.25) is 0 Å². The minimum atomic E-state index is 0.0802. The Morgan fingerprint density at radius 2 is 1.48 bits per heavy atom. The van der Waals surface area contributed by atoms with E-state index in [9.17, 15) is 0 Å². The Hall–Kier alpha value is -0.960. The van der Waals surface area contributed by atoms with Crippen molar-refractivity contribution in [2.75, 3.05) is 0 Å². The largest absolute Gasteiger partial charge is 0.370 e. The molecule has 0 spiro atoms. The van der Waals surface area contributed by atoms with Crippen molar-refractivity contribution >= 4 is 0 Å². The van der Waals surface area contributed by atoms with Gasteiger partial charge in [0, 0.05) is 12.4 Å². The van der Waals surface area contributed by atoms with E-state index in [1.54, 1.807) is 0 Å². The van der Waals surface area contributed by atoms with Gasteiger partial charge in [-0.25, -0.2) is 0 Å². The molecule has 3 nitrogen and oxygen atoms in total. The van der Waals surface area contributed by atoms with E-state index in [0.29, 0.717) is 6.17 Å². The molecule has 3 heteroatoms. The van der Waals surface area contributed by atoms with E-state index in [-0.39, 0.29) is 6.17 Å². The number of rotatable bonds is 16. The van der Waals surface area contributed by atoms with Crippen LogP contribution in [0.25, 0.3) is 0 Å². The summed E-state index contributed by atoms with van der Waals surface area (Å²) in [7, 11) is 0. The predicted octanol–water partition coefficient (Wildman–Crippen LogP) is 6.03. The van der Waals surface area contributed by atoms with E-state index in [2.05, 4.69) is 35.5 Å². The zero-order chi connectivity index (χ0) is 18.2. The second kappa shape index (κ2) is 15.3. The third-order valence-electron chi connectivity index (χ3n) is 5.11. The fourth-order valence-corrected chi connectivity index (χ4v) is 3.50. The van der Waals surface area contributed by atoms with Gasteiger partial charge in [0.25, 0.3) is 0 Å². The Labute approximate surface area is 157 Å². The smallest absolute Gasteiger partial charge is 0.0998 e. The molecule has 0 bridgehead atoms. The topological polar surface area (TPSA) is 41.3 Å². The third-order valence-corrected chi connectivity index (χ3v) is 5.11. The van der Waals surface area contributed by atoms with Gasteiger partial charge in [0.1, 0.15) is 0 Å². The molecule has 0 saturated carbocycles. The SMILES string of the molecule is CCCCCCCCCCCCC/C=C/CCC1NC=CN1C(C)N. The van der Waals surface area contributed by atoms with Gasteiger partial charge < -0.3 is 16.0 Å². The Morgan fingerprint density at radius 3 is 2.08 bits per heavy atom. The van der Waals surface area contributed by atoms with Crippen molar-refractivity contribution in [3.8, 4) is 0 Å². The number of hydrogen-bond donors (Lipinski definition) is 2. The van der Waals surface area contributed by atoms with Gasteiger partial charge in [-0.15, -0.1) is 0 Å². The summed E-state index contributed by atoms with van der Waals surface area (Å²) in [6, 6.07) is 0. The second-order valence-corrected chi connectivity index (χ2v) is 7.56. The zero-order valence-electron chi connectivity index (χ0n) is 16.9. The van der Waals surface area contributed by atoms with Crippen molar-refractivity contribution in [1.29, 1.82) is 0 Å². The van der Waals surface area contributed by atoms with Crippen LogP contribution in [0.3, 0.4) is 0 Å². The average Bonchev–Trinajstić information content (AvgIpc) is 3.07. The highest BCUT2D eigenvalue weighted by atomic mass is 15.3. The third kappa shape index (κ3) is 11.3. The molecule has 0 aromatic rings. The maximum absolute atomic E-state index is 5.96. The molecule has 2 unspecified atom stereocenters. The number of nitrogens with two attached hydrogens (primary N) is 1. The summed E-state index contributed by atoms with van der Waals surface area (Å²) >= 11 is 0. The normalized spacial score (nSPS) is 18.2. The number of unbranched alkanes of at least 4 members (excludes halogenated alkanes) is 11. The molecule has 25 heavy (non-hydrogen) atoms. The maximum Gasteiger partial charge on any atom is 0.0998 e. The van der Waals surface area contributed by atoms with Crippen LogP contribution in [0.5, 0.6) is 0 Å². The van der Waals surface area contributed by atoms with E-state index in [4.69, 9.17) is 5.73 Å². The molecule has 1 heterocycles. The van der Waals surface area contributed by atoms with E-state index in [1.807, 2.05) is 13.1 Å². The number of hydrogen-bond acceptors (Lipinski definition) is 3. The maximum atomic E-state index is 5.96. The van der Waals surface area contributed by atoms with Crippen molar-refractivity contribution < 1.29 is 0 Å². The lowest BCUT2D eigenvalue weighted by Crippen LogP contribution is -2.44. The van der Waals surface area contributed by atoms with Gasteiger partial charge in [0.2, 0.25) is 0 Å². The summed E-state index contributed by atoms with van der Waals surface area (Å²) in [4.78, 5) is 2.19. The molecule has 0 aromatic heterocycles. The first-order valence-electron chi connectivity index (χ1n) is 10.9. The molecule has 0 aromatic carbocycles. The molecular formula is C22H43N3. The van der Waals surface area contributed by atoms with Crippen molar-refractivity contribution in [2.45, 2.75) is 116 Å². The monoisotopic (exact) mass is 349 g/mol. The van der Waals surface area contributed by atoms with Gasteiger partial charge in [-0.1, -0.05) is 83.3 Å². The Kier molecular flexibility index (Phi) is 13.5. The highest BCUT2D eigenvalue weighted by molar-refractivity contribution is 4.96. The summed E-state index contributed by atoms with van der Waals surface area (Å²) in [6.07, 6.45) is 28.3. The van der Waals surface area contributed by atoms with Crippen LogP contribution < -0.4 is 11.1 Å². The highest BCUT2D eigenvalue weighted by Crippen LogP contribution is 2.14. The lowest BCUT2D eigenvalue weighted by Gasteiger charge is -2.28. The van der Waals surface area contributed by atoms with Crippen LogP contribution in [0.15, 0.2) is 24.6 Å². The van der Waals surface area contributed by atoms with Crippen LogP contribution in [-0.2, 0) is 0 Å². The Bertz CT molecular complexity index is 349. The van der Waals surface area contributed by atoms with Crippen LogP contribution in [0.2, 0.25) is 0 Å². The van der Waals surface area contributed by atoms with Crippen LogP contribution in [0.1, 0.15) is 104 Å². The minimum Gasteiger partial charge on any atom is -0.370 e. The lowest BCUT2D eigenvalue weighted by atomic mass is 10.1. The molecule has 1 aliphatic rings. The summed E-state index contributed by atoms with van der Waals surface area (Å²) in [5.41, 5.74) is 5.96. The molecule has 0 fully saturated rings. The van der Waals surface area contributed by atoms with Crippen molar-refractivity contribution in [1.82, 2.24) is 10.2 Å². The first-order valence-corrected chi connectivity index (χ1v) is 10.9. The van der Waals surface area contributed by atoms with Crippen LogP contribution >= 0.6 is 0 Å². The fraction of sp³-hybridized carbons (Fsp3) is 0.818. The molecule has 1 rings (SSSR count). The molecule has 2 atom stereocenters. The number of nitrogens with one attached hydrogen (secondary N) is 1. The van der Waals surface area contributed by atoms with E-state index in [1.165, 1.54) is 77.0 Å². The van der Waals surface area contributed by atoms with E-state index >= 15 is 0 Å². The minimum absolute atomic E-state index is 0.0802. The molecule has 3 N–H and O–H groups in total. The molecule has 146 valence electrons. The highest BCUT2D eigenvalue weighted by Gasteiger charge is 2.19. The van der Waals surface area contributed by atoms with Gasteiger partial charge in [-0.05, 0) is 32.6 Å². The summed E-state index contributed by atoms with van der Waals surface area (Å²) < 4.78 is 0. The van der Waals surface area contributed by atoms with Crippen molar-refractivity contribution in [3.05, 3.63) is 24.6 Å². The molecule has 0 saturated heterocycles. The molecule has 0 radical (unpaired) electrons. The molecule has 0 aliphatic carbocycles. The van der Waals surface area contributed by atoms with Gasteiger partial charge in [0.15, 0.2) is 0 Å². The van der Waals surface area contributed by atoms with Crippen molar-refractivity contribution in [2.24, 2.45) is 5.73 Å². The quantitative estimate of drug-likeness (QED) is 0.264. The number of allylic oxidation sites excluding steroid dienone is 2. The summed E-state index contributed by atoms with van der Waals surface area (Å²) in [6.45, 7) is 4.32. The first kappa shape index (κ1) is 22.1. The van der Waals surface area contributed by atoms with Gasteiger partial charge >= 0.3 is 0 Å². The van der Waals surface area contributed by atoms with Crippen LogP contribution in [-0.4, -0.2) is 17.2 Å². The van der Waals surface area contributed by atoms with Gasteiger partial charge in [-0.2, -0.15) is 0 Å². The first-order chi connectivity index (χ1) is 12.3. The van der Waals surface area contributed by atoms with Crippen LogP contribution in [0.4, 0.5) is 0 Å². The Balaban J connectivity index is 1.83. The molecule has 1 aliphatic heterocycles. The van der Waals surface area contributed by atoms with Gasteiger partial charge in [0.05, 0.1) is 12.3 Å². The lowest BCUT2D eigenvalue weighted by molar-refractivity contribution is 0.213. The summed E-state index contributed by atoms with van der Waals surface area (Å²) in [5.74, 6) is 0. The Morgan fingerprint density at radius 1 is 0.920 bits per heavy atom.